The van der Waals surface area contributed by atoms with Gasteiger partial charge in [-0.15, -0.1) is 0 Å². The number of amides is 1. The lowest BCUT2D eigenvalue weighted by molar-refractivity contribution is 0.0941. The molecule has 1 aromatic rings. The summed E-state index contributed by atoms with van der Waals surface area (Å²) in [5, 5.41) is 2.76. The second kappa shape index (κ2) is 6.40. The van der Waals surface area contributed by atoms with Crippen molar-refractivity contribution in [2.75, 3.05) is 16.9 Å². The van der Waals surface area contributed by atoms with E-state index in [1.54, 1.807) is 12.1 Å². The number of sulfone groups is 1. The maximum absolute atomic E-state index is 12.2. The van der Waals surface area contributed by atoms with E-state index in [1.165, 1.54) is 0 Å². The molecule has 2 heterocycles. The van der Waals surface area contributed by atoms with E-state index in [2.05, 4.69) is 15.7 Å². The van der Waals surface area contributed by atoms with Crippen molar-refractivity contribution in [2.45, 2.75) is 32.2 Å². The van der Waals surface area contributed by atoms with Crippen molar-refractivity contribution >= 4 is 21.6 Å². The zero-order chi connectivity index (χ0) is 15.5. The Morgan fingerprint density at radius 1 is 1.48 bits per heavy atom. The van der Waals surface area contributed by atoms with E-state index in [9.17, 15) is 13.2 Å². The van der Waals surface area contributed by atoms with Gasteiger partial charge in [0.25, 0.3) is 5.91 Å². The van der Waals surface area contributed by atoms with Gasteiger partial charge in [0.1, 0.15) is 5.82 Å². The quantitative estimate of drug-likeness (QED) is 0.530. The van der Waals surface area contributed by atoms with E-state index in [0.717, 1.165) is 18.5 Å². The first-order chi connectivity index (χ1) is 9.93. The van der Waals surface area contributed by atoms with Gasteiger partial charge in [0.05, 0.1) is 11.5 Å². The number of carbonyl (C=O) groups excluding carboxylic acids is 1. The molecule has 4 N–H and O–H groups in total. The normalized spacial score (nSPS) is 20.2. The predicted molar refractivity (Wildman–Crippen MR) is 80.6 cm³/mol. The van der Waals surface area contributed by atoms with Gasteiger partial charge in [-0.2, -0.15) is 0 Å². The summed E-state index contributed by atoms with van der Waals surface area (Å²) in [6.45, 7) is 2.02. The fraction of sp³-hybridized carbons (Fsp3) is 0.538. The summed E-state index contributed by atoms with van der Waals surface area (Å²) in [6.07, 6.45) is 2.11. The molecule has 1 atom stereocenters. The van der Waals surface area contributed by atoms with E-state index in [0.29, 0.717) is 17.8 Å². The van der Waals surface area contributed by atoms with Crippen LogP contribution in [-0.4, -0.2) is 36.9 Å². The molecule has 1 aliphatic rings. The molecule has 1 amide bonds. The molecule has 116 valence electrons. The molecule has 0 radical (unpaired) electrons. The second-order valence-electron chi connectivity index (χ2n) is 5.20. The Labute approximate surface area is 124 Å². The molecule has 21 heavy (non-hydrogen) atoms. The number of nitrogens with one attached hydrogen (secondary N) is 2. The number of anilines is 1. The Bertz CT molecular complexity index is 630. The van der Waals surface area contributed by atoms with E-state index in [4.69, 9.17) is 5.84 Å². The Morgan fingerprint density at radius 3 is 2.81 bits per heavy atom. The summed E-state index contributed by atoms with van der Waals surface area (Å²) >= 11 is 0. The highest BCUT2D eigenvalue weighted by Crippen LogP contribution is 2.15. The number of nitrogens with zero attached hydrogens (tertiary/aromatic N) is 1. The predicted octanol–water partition coefficient (Wildman–Crippen LogP) is 0.237. The van der Waals surface area contributed by atoms with Crippen LogP contribution in [0.25, 0.3) is 0 Å². The lowest BCUT2D eigenvalue weighted by Crippen LogP contribution is -2.35. The van der Waals surface area contributed by atoms with Crippen LogP contribution < -0.4 is 16.6 Å². The van der Waals surface area contributed by atoms with Crippen LogP contribution in [0, 0.1) is 0 Å². The van der Waals surface area contributed by atoms with Gasteiger partial charge in [-0.05, 0) is 25.0 Å². The number of nitrogen functional groups attached to an aromatic ring is 1. The molecule has 1 fully saturated rings. The molecule has 0 saturated carbocycles. The van der Waals surface area contributed by atoms with Crippen molar-refractivity contribution in [3.8, 4) is 0 Å². The largest absolute Gasteiger partial charge is 0.348 e. The lowest BCUT2D eigenvalue weighted by Gasteiger charge is -2.12. The summed E-state index contributed by atoms with van der Waals surface area (Å²) in [5.74, 6) is 5.62. The standard InChI is InChI=1S/C13H20N4O3S/c1-2-3-10-6-9(7-12(15-10)17-14)13(18)16-11-4-5-21(19,20)8-11/h6-7,11H,2-5,8,14H2,1H3,(H,15,17)(H,16,18). The maximum Gasteiger partial charge on any atom is 0.251 e. The molecular weight excluding hydrogens is 292 g/mol. The minimum absolute atomic E-state index is 0.00758. The third kappa shape index (κ3) is 4.15. The molecule has 7 nitrogen and oxygen atoms in total. The Kier molecular flexibility index (Phi) is 4.79. The number of carbonyl (C=O) groups is 1. The lowest BCUT2D eigenvalue weighted by atomic mass is 10.1. The average molecular weight is 312 g/mol. The molecule has 0 bridgehead atoms. The fourth-order valence-corrected chi connectivity index (χ4v) is 4.03. The number of hydrogen-bond donors (Lipinski definition) is 3. The van der Waals surface area contributed by atoms with Crippen LogP contribution in [0.4, 0.5) is 5.82 Å². The van der Waals surface area contributed by atoms with Gasteiger partial charge >= 0.3 is 0 Å². The highest BCUT2D eigenvalue weighted by atomic mass is 32.2. The molecule has 0 spiro atoms. The highest BCUT2D eigenvalue weighted by molar-refractivity contribution is 7.91. The summed E-state index contributed by atoms with van der Waals surface area (Å²) in [4.78, 5) is 16.5. The van der Waals surface area contributed by atoms with Crippen molar-refractivity contribution < 1.29 is 13.2 Å². The van der Waals surface area contributed by atoms with E-state index >= 15 is 0 Å². The van der Waals surface area contributed by atoms with Crippen LogP contribution in [0.5, 0.6) is 0 Å². The average Bonchev–Trinajstić information content (AvgIpc) is 2.77. The van der Waals surface area contributed by atoms with Crippen molar-refractivity contribution in [3.63, 3.8) is 0 Å². The molecule has 1 unspecified atom stereocenters. The maximum atomic E-state index is 12.2. The molecule has 0 aliphatic carbocycles. The first kappa shape index (κ1) is 15.7. The minimum Gasteiger partial charge on any atom is -0.348 e. The van der Waals surface area contributed by atoms with E-state index in [-0.39, 0.29) is 23.5 Å². The van der Waals surface area contributed by atoms with Crippen molar-refractivity contribution in [1.82, 2.24) is 10.3 Å². The number of hydrogen-bond acceptors (Lipinski definition) is 6. The van der Waals surface area contributed by atoms with Crippen molar-refractivity contribution in [2.24, 2.45) is 5.84 Å². The van der Waals surface area contributed by atoms with Gasteiger partial charge < -0.3 is 10.7 Å². The third-order valence-corrected chi connectivity index (χ3v) is 5.13. The number of pyridine rings is 1. The topological polar surface area (TPSA) is 114 Å². The first-order valence-corrected chi connectivity index (χ1v) is 8.74. The van der Waals surface area contributed by atoms with Gasteiger partial charge in [-0.3, -0.25) is 4.79 Å². The summed E-state index contributed by atoms with van der Waals surface area (Å²) in [5.41, 5.74) is 3.65. The monoisotopic (exact) mass is 312 g/mol. The van der Waals surface area contributed by atoms with Crippen LogP contribution in [0.1, 0.15) is 35.8 Å². The van der Waals surface area contributed by atoms with Crippen LogP contribution in [0.3, 0.4) is 0 Å². The summed E-state index contributed by atoms with van der Waals surface area (Å²) in [7, 11) is -3.01. The molecule has 8 heteroatoms. The molecule has 1 aromatic heterocycles. The summed E-state index contributed by atoms with van der Waals surface area (Å²) in [6, 6.07) is 2.95. The Hall–Kier alpha value is -1.67. The summed E-state index contributed by atoms with van der Waals surface area (Å²) < 4.78 is 22.8. The fourth-order valence-electron chi connectivity index (χ4n) is 2.35. The van der Waals surface area contributed by atoms with Gasteiger partial charge in [-0.1, -0.05) is 13.3 Å². The molecule has 0 aromatic carbocycles. The van der Waals surface area contributed by atoms with Gasteiger partial charge in [0, 0.05) is 17.3 Å². The van der Waals surface area contributed by atoms with Crippen LogP contribution in [0.2, 0.25) is 0 Å². The zero-order valence-corrected chi connectivity index (χ0v) is 12.7. The van der Waals surface area contributed by atoms with Crippen molar-refractivity contribution in [1.29, 1.82) is 0 Å². The SMILES string of the molecule is CCCc1cc(C(=O)NC2CCS(=O)(=O)C2)cc(NN)n1. The molecule has 2 rings (SSSR count). The highest BCUT2D eigenvalue weighted by Gasteiger charge is 2.29. The molecular formula is C13H20N4O3S. The van der Waals surface area contributed by atoms with Crippen LogP contribution in [-0.2, 0) is 16.3 Å². The van der Waals surface area contributed by atoms with E-state index in [1.807, 2.05) is 6.92 Å². The van der Waals surface area contributed by atoms with Gasteiger partial charge in [0.15, 0.2) is 9.84 Å². The molecule has 1 aliphatic heterocycles. The van der Waals surface area contributed by atoms with Crippen molar-refractivity contribution in [3.05, 3.63) is 23.4 Å². The number of aromatic nitrogens is 1. The second-order valence-corrected chi connectivity index (χ2v) is 7.43. The van der Waals surface area contributed by atoms with Gasteiger partial charge in [-0.25, -0.2) is 19.2 Å². The number of hydrazine groups is 1. The first-order valence-electron chi connectivity index (χ1n) is 6.92. The van der Waals surface area contributed by atoms with Gasteiger partial charge in [0.2, 0.25) is 0 Å². The van der Waals surface area contributed by atoms with Crippen LogP contribution in [0.15, 0.2) is 12.1 Å². The number of rotatable bonds is 5. The Balaban J connectivity index is 2.13. The number of nitrogens with two attached hydrogens (primary N) is 1. The van der Waals surface area contributed by atoms with Crippen LogP contribution >= 0.6 is 0 Å². The van der Waals surface area contributed by atoms with E-state index < -0.39 is 9.84 Å². The smallest absolute Gasteiger partial charge is 0.251 e. The zero-order valence-electron chi connectivity index (χ0n) is 11.9. The minimum atomic E-state index is -3.01. The molecule has 1 saturated heterocycles. The third-order valence-electron chi connectivity index (χ3n) is 3.36. The Morgan fingerprint density at radius 2 is 2.24 bits per heavy atom. The number of aryl methyl sites for hydroxylation is 1.